The lowest BCUT2D eigenvalue weighted by atomic mass is 9.96. The van der Waals surface area contributed by atoms with Crippen LogP contribution in [-0.2, 0) is 9.53 Å². The SMILES string of the molecule is CCCC(C)(Nc1ncccn1)C(=O)OC. The van der Waals surface area contributed by atoms with Crippen LogP contribution in [0.1, 0.15) is 26.7 Å². The van der Waals surface area contributed by atoms with E-state index < -0.39 is 5.54 Å². The van der Waals surface area contributed by atoms with Crippen LogP contribution in [0.2, 0.25) is 0 Å². The number of methoxy groups -OCH3 is 1. The summed E-state index contributed by atoms with van der Waals surface area (Å²) in [5.41, 5.74) is -0.773. The van der Waals surface area contributed by atoms with Gasteiger partial charge in [0.05, 0.1) is 7.11 Å². The van der Waals surface area contributed by atoms with Crippen molar-refractivity contribution >= 4 is 11.9 Å². The fourth-order valence-electron chi connectivity index (χ4n) is 1.55. The van der Waals surface area contributed by atoms with Crippen molar-refractivity contribution < 1.29 is 9.53 Å². The molecule has 1 N–H and O–H groups in total. The molecule has 0 fully saturated rings. The number of nitrogens with zero attached hydrogens (tertiary/aromatic N) is 2. The highest BCUT2D eigenvalue weighted by molar-refractivity contribution is 5.83. The Morgan fingerprint density at radius 1 is 1.50 bits per heavy atom. The summed E-state index contributed by atoms with van der Waals surface area (Å²) in [5.74, 6) is 0.130. The van der Waals surface area contributed by atoms with Gasteiger partial charge in [0.15, 0.2) is 0 Å². The molecule has 0 saturated carbocycles. The molecule has 0 saturated heterocycles. The van der Waals surface area contributed by atoms with Crippen LogP contribution in [0.3, 0.4) is 0 Å². The molecule has 1 aromatic heterocycles. The molecule has 5 heteroatoms. The molecule has 1 unspecified atom stereocenters. The average molecular weight is 223 g/mol. The van der Waals surface area contributed by atoms with Gasteiger partial charge in [0.2, 0.25) is 5.95 Å². The van der Waals surface area contributed by atoms with E-state index in [4.69, 9.17) is 4.74 Å². The van der Waals surface area contributed by atoms with Gasteiger partial charge >= 0.3 is 5.97 Å². The van der Waals surface area contributed by atoms with Crippen molar-refractivity contribution in [2.75, 3.05) is 12.4 Å². The van der Waals surface area contributed by atoms with Gasteiger partial charge in [-0.1, -0.05) is 13.3 Å². The van der Waals surface area contributed by atoms with Gasteiger partial charge in [-0.25, -0.2) is 14.8 Å². The molecule has 88 valence electrons. The van der Waals surface area contributed by atoms with Crippen molar-refractivity contribution in [3.8, 4) is 0 Å². The first kappa shape index (κ1) is 12.4. The van der Waals surface area contributed by atoms with Gasteiger partial charge in [0, 0.05) is 12.4 Å². The lowest BCUT2D eigenvalue weighted by molar-refractivity contribution is -0.145. The first-order valence-corrected chi connectivity index (χ1v) is 5.26. The third-order valence-corrected chi connectivity index (χ3v) is 2.34. The van der Waals surface area contributed by atoms with Crippen LogP contribution >= 0.6 is 0 Å². The van der Waals surface area contributed by atoms with E-state index in [0.717, 1.165) is 6.42 Å². The Balaban J connectivity index is 2.83. The Morgan fingerprint density at radius 3 is 2.62 bits per heavy atom. The Labute approximate surface area is 95.3 Å². The number of anilines is 1. The summed E-state index contributed by atoms with van der Waals surface area (Å²) in [4.78, 5) is 19.8. The molecule has 0 aliphatic rings. The molecule has 1 aromatic rings. The van der Waals surface area contributed by atoms with Crippen molar-refractivity contribution in [2.45, 2.75) is 32.2 Å². The second-order valence-electron chi connectivity index (χ2n) is 3.77. The van der Waals surface area contributed by atoms with E-state index in [2.05, 4.69) is 15.3 Å². The van der Waals surface area contributed by atoms with Crippen LogP contribution in [0.4, 0.5) is 5.95 Å². The van der Waals surface area contributed by atoms with Gasteiger partial charge in [0.1, 0.15) is 5.54 Å². The Hall–Kier alpha value is -1.65. The third-order valence-electron chi connectivity index (χ3n) is 2.34. The highest BCUT2D eigenvalue weighted by Gasteiger charge is 2.33. The molecular weight excluding hydrogens is 206 g/mol. The normalized spacial score (nSPS) is 13.9. The molecule has 0 radical (unpaired) electrons. The van der Waals surface area contributed by atoms with E-state index in [-0.39, 0.29) is 5.97 Å². The maximum atomic E-state index is 11.7. The maximum absolute atomic E-state index is 11.7. The van der Waals surface area contributed by atoms with Crippen molar-refractivity contribution in [2.24, 2.45) is 0 Å². The number of nitrogens with one attached hydrogen (secondary N) is 1. The Kier molecular flexibility index (Phi) is 4.22. The van der Waals surface area contributed by atoms with Crippen LogP contribution in [0.25, 0.3) is 0 Å². The minimum Gasteiger partial charge on any atom is -0.467 e. The summed E-state index contributed by atoms with van der Waals surface area (Å²) in [6.07, 6.45) is 4.78. The molecule has 0 amide bonds. The monoisotopic (exact) mass is 223 g/mol. The minimum atomic E-state index is -0.773. The van der Waals surface area contributed by atoms with Crippen LogP contribution in [-0.4, -0.2) is 28.6 Å². The van der Waals surface area contributed by atoms with Crippen LogP contribution in [0.5, 0.6) is 0 Å². The van der Waals surface area contributed by atoms with Gasteiger partial charge in [-0.2, -0.15) is 0 Å². The Morgan fingerprint density at radius 2 is 2.12 bits per heavy atom. The molecule has 0 spiro atoms. The van der Waals surface area contributed by atoms with Crippen molar-refractivity contribution in [3.05, 3.63) is 18.5 Å². The van der Waals surface area contributed by atoms with Gasteiger partial charge in [-0.3, -0.25) is 0 Å². The summed E-state index contributed by atoms with van der Waals surface area (Å²) in [6.45, 7) is 3.80. The van der Waals surface area contributed by atoms with Gasteiger partial charge < -0.3 is 10.1 Å². The summed E-state index contributed by atoms with van der Waals surface area (Å²) < 4.78 is 4.78. The summed E-state index contributed by atoms with van der Waals surface area (Å²) >= 11 is 0. The molecule has 16 heavy (non-hydrogen) atoms. The second-order valence-corrected chi connectivity index (χ2v) is 3.77. The fraction of sp³-hybridized carbons (Fsp3) is 0.545. The zero-order valence-corrected chi connectivity index (χ0v) is 9.86. The predicted molar refractivity (Wildman–Crippen MR) is 61.0 cm³/mol. The molecule has 1 heterocycles. The van der Waals surface area contributed by atoms with E-state index in [9.17, 15) is 4.79 Å². The first-order valence-electron chi connectivity index (χ1n) is 5.26. The number of aromatic nitrogens is 2. The first-order chi connectivity index (χ1) is 7.62. The van der Waals surface area contributed by atoms with Crippen molar-refractivity contribution in [1.82, 2.24) is 9.97 Å². The number of hydrogen-bond donors (Lipinski definition) is 1. The van der Waals surface area contributed by atoms with E-state index in [1.54, 1.807) is 25.4 Å². The largest absolute Gasteiger partial charge is 0.467 e. The van der Waals surface area contributed by atoms with Gasteiger partial charge in [-0.15, -0.1) is 0 Å². The molecule has 5 nitrogen and oxygen atoms in total. The van der Waals surface area contributed by atoms with E-state index in [0.29, 0.717) is 12.4 Å². The standard InChI is InChI=1S/C11H17N3O2/c1-4-6-11(2,9(15)16-3)14-10-12-7-5-8-13-10/h5,7-8H,4,6H2,1-3H3,(H,12,13,14). The smallest absolute Gasteiger partial charge is 0.331 e. The summed E-state index contributed by atoms with van der Waals surface area (Å²) in [5, 5.41) is 3.01. The zero-order valence-electron chi connectivity index (χ0n) is 9.86. The third kappa shape index (κ3) is 2.92. The van der Waals surface area contributed by atoms with E-state index in [1.807, 2.05) is 6.92 Å². The highest BCUT2D eigenvalue weighted by Crippen LogP contribution is 2.18. The molecule has 0 aliphatic heterocycles. The molecule has 0 aromatic carbocycles. The second kappa shape index (κ2) is 5.44. The Bertz CT molecular complexity index is 342. The molecular formula is C11H17N3O2. The average Bonchev–Trinajstić information content (AvgIpc) is 2.29. The summed E-state index contributed by atoms with van der Waals surface area (Å²) in [6, 6.07) is 1.72. The topological polar surface area (TPSA) is 64.1 Å². The fourth-order valence-corrected chi connectivity index (χ4v) is 1.55. The quantitative estimate of drug-likeness (QED) is 0.768. The summed E-state index contributed by atoms with van der Waals surface area (Å²) in [7, 11) is 1.38. The van der Waals surface area contributed by atoms with Gasteiger partial charge in [-0.05, 0) is 19.4 Å². The number of ether oxygens (including phenoxy) is 1. The molecule has 1 atom stereocenters. The molecule has 1 rings (SSSR count). The lowest BCUT2D eigenvalue weighted by Gasteiger charge is -2.27. The van der Waals surface area contributed by atoms with Crippen LogP contribution in [0, 0.1) is 0 Å². The number of hydrogen-bond acceptors (Lipinski definition) is 5. The predicted octanol–water partition coefficient (Wildman–Crippen LogP) is 1.62. The van der Waals surface area contributed by atoms with E-state index >= 15 is 0 Å². The van der Waals surface area contributed by atoms with Crippen molar-refractivity contribution in [3.63, 3.8) is 0 Å². The maximum Gasteiger partial charge on any atom is 0.331 e. The van der Waals surface area contributed by atoms with Crippen LogP contribution in [0.15, 0.2) is 18.5 Å². The van der Waals surface area contributed by atoms with E-state index in [1.165, 1.54) is 7.11 Å². The number of carbonyl (C=O) groups excluding carboxylic acids is 1. The zero-order chi connectivity index (χ0) is 12.0. The van der Waals surface area contributed by atoms with Crippen molar-refractivity contribution in [1.29, 1.82) is 0 Å². The number of rotatable bonds is 5. The minimum absolute atomic E-state index is 0.304. The number of carbonyl (C=O) groups is 1. The van der Waals surface area contributed by atoms with Gasteiger partial charge in [0.25, 0.3) is 0 Å². The molecule has 0 bridgehead atoms. The number of esters is 1. The van der Waals surface area contributed by atoms with Crippen LogP contribution < -0.4 is 5.32 Å². The lowest BCUT2D eigenvalue weighted by Crippen LogP contribution is -2.44. The molecule has 0 aliphatic carbocycles. The highest BCUT2D eigenvalue weighted by atomic mass is 16.5.